The van der Waals surface area contributed by atoms with Crippen LogP contribution in [0.25, 0.3) is 5.57 Å². The number of hydrogen-bond acceptors (Lipinski definition) is 4. The molecule has 0 fully saturated rings. The molecule has 0 aliphatic heterocycles. The molecule has 25 heavy (non-hydrogen) atoms. The molecule has 0 atom stereocenters. The summed E-state index contributed by atoms with van der Waals surface area (Å²) in [6, 6.07) is 5.57. The highest BCUT2D eigenvalue weighted by atomic mass is 16.5. The molecule has 0 saturated heterocycles. The van der Waals surface area contributed by atoms with Gasteiger partial charge in [-0.25, -0.2) is 0 Å². The summed E-state index contributed by atoms with van der Waals surface area (Å²) < 4.78 is 7.94. The maximum atomic E-state index is 11.3. The summed E-state index contributed by atoms with van der Waals surface area (Å²) in [5.41, 5.74) is 4.59. The molecule has 0 spiro atoms. The van der Waals surface area contributed by atoms with E-state index >= 15 is 0 Å². The van der Waals surface area contributed by atoms with Crippen molar-refractivity contribution in [1.29, 1.82) is 0 Å². The molecule has 0 unspecified atom stereocenters. The number of ether oxygens (including phenoxy) is 1. The van der Waals surface area contributed by atoms with Gasteiger partial charge in [-0.05, 0) is 68.4 Å². The van der Waals surface area contributed by atoms with E-state index in [1.807, 2.05) is 10.9 Å². The highest BCUT2D eigenvalue weighted by Crippen LogP contribution is 2.34. The van der Waals surface area contributed by atoms with Crippen LogP contribution < -0.4 is 4.74 Å². The van der Waals surface area contributed by atoms with Crippen molar-refractivity contribution in [2.45, 2.75) is 46.1 Å². The SMILES string of the molecule is CCn1nccc1C1=C(COc2ccc(C)c(O)c2C=O)CCCC1. The normalized spacial score (nSPS) is 14.6. The summed E-state index contributed by atoms with van der Waals surface area (Å²) >= 11 is 0. The minimum Gasteiger partial charge on any atom is -0.507 e. The fourth-order valence-corrected chi connectivity index (χ4v) is 3.38. The predicted octanol–water partition coefficient (Wildman–Crippen LogP) is 4.14. The van der Waals surface area contributed by atoms with Crippen LogP contribution in [0.5, 0.6) is 11.5 Å². The maximum absolute atomic E-state index is 11.3. The Labute approximate surface area is 147 Å². The number of aromatic nitrogens is 2. The topological polar surface area (TPSA) is 64.3 Å². The Balaban J connectivity index is 1.88. The van der Waals surface area contributed by atoms with Crippen molar-refractivity contribution >= 4 is 11.9 Å². The van der Waals surface area contributed by atoms with E-state index < -0.39 is 0 Å². The van der Waals surface area contributed by atoms with Gasteiger partial charge in [0.25, 0.3) is 0 Å². The molecule has 0 saturated carbocycles. The van der Waals surface area contributed by atoms with Gasteiger partial charge in [0.2, 0.25) is 0 Å². The molecule has 0 amide bonds. The van der Waals surface area contributed by atoms with E-state index in [4.69, 9.17) is 4.74 Å². The van der Waals surface area contributed by atoms with Crippen LogP contribution in [0.1, 0.15) is 54.2 Å². The fraction of sp³-hybridized carbons (Fsp3) is 0.400. The smallest absolute Gasteiger partial charge is 0.157 e. The van der Waals surface area contributed by atoms with E-state index in [0.29, 0.717) is 24.2 Å². The largest absolute Gasteiger partial charge is 0.507 e. The molecule has 0 bridgehead atoms. The Morgan fingerprint density at radius 1 is 1.28 bits per heavy atom. The molecule has 1 aromatic carbocycles. The van der Waals surface area contributed by atoms with Gasteiger partial charge in [-0.2, -0.15) is 5.10 Å². The first-order chi connectivity index (χ1) is 12.2. The number of nitrogens with zero attached hydrogens (tertiary/aromatic N) is 2. The number of aromatic hydroxyl groups is 1. The van der Waals surface area contributed by atoms with Gasteiger partial charge in [0.15, 0.2) is 6.29 Å². The van der Waals surface area contributed by atoms with Crippen LogP contribution in [0.4, 0.5) is 0 Å². The number of aldehydes is 1. The van der Waals surface area contributed by atoms with Gasteiger partial charge in [-0.3, -0.25) is 9.48 Å². The van der Waals surface area contributed by atoms with Crippen LogP contribution in [-0.2, 0) is 6.54 Å². The molecule has 1 aliphatic rings. The van der Waals surface area contributed by atoms with Crippen LogP contribution in [0.15, 0.2) is 30.0 Å². The second-order valence-electron chi connectivity index (χ2n) is 6.37. The molecule has 0 radical (unpaired) electrons. The van der Waals surface area contributed by atoms with Gasteiger partial charge in [-0.15, -0.1) is 0 Å². The standard InChI is InChI=1S/C20H24N2O3/c1-3-22-18(10-11-21-22)16-7-5-4-6-15(16)13-25-19-9-8-14(2)20(24)17(19)12-23/h8-12,24H,3-7,13H2,1-2H3. The van der Waals surface area contributed by atoms with Crippen molar-refractivity contribution in [3.05, 3.63) is 46.8 Å². The van der Waals surface area contributed by atoms with Gasteiger partial charge in [0, 0.05) is 12.7 Å². The average Bonchev–Trinajstić information content (AvgIpc) is 3.11. The second-order valence-corrected chi connectivity index (χ2v) is 6.37. The lowest BCUT2D eigenvalue weighted by atomic mass is 9.90. The lowest BCUT2D eigenvalue weighted by molar-refractivity contribution is 0.111. The van der Waals surface area contributed by atoms with Gasteiger partial charge < -0.3 is 9.84 Å². The first-order valence-corrected chi connectivity index (χ1v) is 8.79. The maximum Gasteiger partial charge on any atom is 0.157 e. The molecule has 132 valence electrons. The van der Waals surface area contributed by atoms with Crippen LogP contribution in [0, 0.1) is 6.92 Å². The van der Waals surface area contributed by atoms with E-state index in [-0.39, 0.29) is 11.3 Å². The van der Waals surface area contributed by atoms with Crippen LogP contribution >= 0.6 is 0 Å². The summed E-state index contributed by atoms with van der Waals surface area (Å²) in [6.07, 6.45) is 6.80. The van der Waals surface area contributed by atoms with Crippen molar-refractivity contribution in [3.8, 4) is 11.5 Å². The Bertz CT molecular complexity index is 805. The number of phenolic OH excluding ortho intramolecular Hbond substituents is 1. The summed E-state index contributed by atoms with van der Waals surface area (Å²) in [5, 5.41) is 14.4. The van der Waals surface area contributed by atoms with Crippen LogP contribution in [-0.4, -0.2) is 27.8 Å². The Kier molecular flexibility index (Phi) is 5.22. The van der Waals surface area contributed by atoms with Crippen molar-refractivity contribution in [1.82, 2.24) is 9.78 Å². The molecule has 1 heterocycles. The summed E-state index contributed by atoms with van der Waals surface area (Å²) in [7, 11) is 0. The highest BCUT2D eigenvalue weighted by molar-refractivity contribution is 5.84. The Hall–Kier alpha value is -2.56. The van der Waals surface area contributed by atoms with Gasteiger partial charge in [-0.1, -0.05) is 6.07 Å². The predicted molar refractivity (Wildman–Crippen MR) is 97.0 cm³/mol. The third kappa shape index (κ3) is 3.45. The van der Waals surface area contributed by atoms with Gasteiger partial charge in [0.05, 0.1) is 11.3 Å². The highest BCUT2D eigenvalue weighted by Gasteiger charge is 2.19. The minimum absolute atomic E-state index is 0.00518. The molecule has 5 heteroatoms. The number of aryl methyl sites for hydroxylation is 2. The second kappa shape index (κ2) is 7.55. The third-order valence-electron chi connectivity index (χ3n) is 4.81. The summed E-state index contributed by atoms with van der Waals surface area (Å²) in [5.74, 6) is 0.425. The van der Waals surface area contributed by atoms with Crippen molar-refractivity contribution < 1.29 is 14.6 Å². The van der Waals surface area contributed by atoms with E-state index in [1.54, 1.807) is 19.1 Å². The number of phenols is 1. The van der Waals surface area contributed by atoms with E-state index in [2.05, 4.69) is 18.1 Å². The van der Waals surface area contributed by atoms with Crippen LogP contribution in [0.2, 0.25) is 0 Å². The first-order valence-electron chi connectivity index (χ1n) is 8.79. The van der Waals surface area contributed by atoms with Gasteiger partial charge >= 0.3 is 0 Å². The summed E-state index contributed by atoms with van der Waals surface area (Å²) in [4.78, 5) is 11.3. The molecule has 3 rings (SSSR count). The van der Waals surface area contributed by atoms with Crippen molar-refractivity contribution in [3.63, 3.8) is 0 Å². The minimum atomic E-state index is -0.00518. The van der Waals surface area contributed by atoms with E-state index in [9.17, 15) is 9.90 Å². The van der Waals surface area contributed by atoms with Gasteiger partial charge in [0.1, 0.15) is 18.1 Å². The van der Waals surface area contributed by atoms with E-state index in [1.165, 1.54) is 17.6 Å². The Morgan fingerprint density at radius 2 is 2.08 bits per heavy atom. The number of carbonyl (C=O) groups excluding carboxylic acids is 1. The van der Waals surface area contributed by atoms with E-state index in [0.717, 1.165) is 31.5 Å². The molecular weight excluding hydrogens is 316 g/mol. The monoisotopic (exact) mass is 340 g/mol. The number of allylic oxidation sites excluding steroid dienone is 1. The number of rotatable bonds is 6. The lowest BCUT2D eigenvalue weighted by Gasteiger charge is -2.22. The van der Waals surface area contributed by atoms with Crippen LogP contribution in [0.3, 0.4) is 0 Å². The molecule has 1 N–H and O–H groups in total. The van der Waals surface area contributed by atoms with Crippen molar-refractivity contribution in [2.75, 3.05) is 6.61 Å². The number of hydrogen-bond donors (Lipinski definition) is 1. The quantitative estimate of drug-likeness (QED) is 0.803. The summed E-state index contributed by atoms with van der Waals surface area (Å²) in [6.45, 7) is 5.11. The molecular formula is C20H24N2O3. The zero-order chi connectivity index (χ0) is 17.8. The zero-order valence-corrected chi connectivity index (χ0v) is 14.8. The molecule has 1 aliphatic carbocycles. The molecule has 2 aromatic rings. The average molecular weight is 340 g/mol. The first kappa shape index (κ1) is 17.3. The lowest BCUT2D eigenvalue weighted by Crippen LogP contribution is -2.12. The number of carbonyl (C=O) groups is 1. The zero-order valence-electron chi connectivity index (χ0n) is 14.8. The van der Waals surface area contributed by atoms with Crippen molar-refractivity contribution in [2.24, 2.45) is 0 Å². The number of benzene rings is 1. The Morgan fingerprint density at radius 3 is 2.84 bits per heavy atom. The molecule has 5 nitrogen and oxygen atoms in total. The molecule has 1 aromatic heterocycles. The third-order valence-corrected chi connectivity index (χ3v) is 4.81. The fourth-order valence-electron chi connectivity index (χ4n) is 3.38.